The second-order valence-corrected chi connectivity index (χ2v) is 11.1. The average molecular weight is 491 g/mol. The van der Waals surface area contributed by atoms with Crippen molar-refractivity contribution in [3.63, 3.8) is 0 Å². The third-order valence-electron chi connectivity index (χ3n) is 6.79. The van der Waals surface area contributed by atoms with E-state index in [1.165, 1.54) is 0 Å². The second kappa shape index (κ2) is 10.3. The number of aromatic nitrogens is 2. The zero-order chi connectivity index (χ0) is 24.5. The maximum absolute atomic E-state index is 15.0. The molecule has 0 radical (unpaired) electrons. The zero-order valence-electron chi connectivity index (χ0n) is 20.6. The fourth-order valence-corrected chi connectivity index (χ4v) is 5.08. The van der Waals surface area contributed by atoms with Crippen LogP contribution in [0.1, 0.15) is 64.3 Å². The Balaban J connectivity index is 1.44. The van der Waals surface area contributed by atoms with E-state index < -0.39 is 0 Å². The lowest BCUT2D eigenvalue weighted by atomic mass is 9.89. The number of hydrogen-bond acceptors (Lipinski definition) is 6. The summed E-state index contributed by atoms with van der Waals surface area (Å²) in [5.41, 5.74) is 3.20. The molecule has 2 aliphatic heterocycles. The van der Waals surface area contributed by atoms with E-state index in [-0.39, 0.29) is 29.4 Å². The second-order valence-electron chi connectivity index (χ2n) is 10.6. The molecule has 2 aromatic rings. The van der Waals surface area contributed by atoms with E-state index in [0.717, 1.165) is 36.7 Å². The Bertz CT molecular complexity index is 991. The fourth-order valence-electron chi connectivity index (χ4n) is 4.93. The van der Waals surface area contributed by atoms with Gasteiger partial charge in [0.25, 0.3) is 0 Å². The molecule has 0 spiro atoms. The molecule has 2 fully saturated rings. The van der Waals surface area contributed by atoms with Crippen molar-refractivity contribution in [2.75, 3.05) is 42.6 Å². The Kier molecular flexibility index (Phi) is 7.65. The van der Waals surface area contributed by atoms with Crippen LogP contribution in [-0.4, -0.2) is 60.1 Å². The molecule has 0 amide bonds. The largest absolute Gasteiger partial charge is 0.393 e. The molecule has 0 aromatic carbocycles. The molecule has 0 saturated carbocycles. The van der Waals surface area contributed by atoms with Gasteiger partial charge in [0.15, 0.2) is 0 Å². The van der Waals surface area contributed by atoms with E-state index in [4.69, 9.17) is 16.3 Å². The van der Waals surface area contributed by atoms with E-state index in [2.05, 4.69) is 40.5 Å². The summed E-state index contributed by atoms with van der Waals surface area (Å²) < 4.78 is 21.1. The van der Waals surface area contributed by atoms with Crippen molar-refractivity contribution in [3.8, 4) is 0 Å². The maximum atomic E-state index is 15.0. The summed E-state index contributed by atoms with van der Waals surface area (Å²) in [7, 11) is 0. The number of aliphatic hydroxyl groups is 1. The SMILES string of the molecule is C[C@H](CC1CN(c2cc(Cl)cnc2C(C)(C)C)CCO1)c1ncc(N2CCC(O)CC2)cc1F. The number of piperidine rings is 1. The van der Waals surface area contributed by atoms with Crippen LogP contribution in [0, 0.1) is 5.82 Å². The third kappa shape index (κ3) is 5.81. The van der Waals surface area contributed by atoms with Crippen LogP contribution in [0.3, 0.4) is 0 Å². The number of morpholine rings is 1. The predicted octanol–water partition coefficient (Wildman–Crippen LogP) is 4.93. The van der Waals surface area contributed by atoms with Crippen LogP contribution in [0.5, 0.6) is 0 Å². The van der Waals surface area contributed by atoms with Gasteiger partial charge in [0.1, 0.15) is 5.82 Å². The number of aliphatic hydroxyl groups excluding tert-OH is 1. The molecule has 6 nitrogen and oxygen atoms in total. The van der Waals surface area contributed by atoms with Gasteiger partial charge in [0, 0.05) is 49.8 Å². The van der Waals surface area contributed by atoms with Crippen LogP contribution < -0.4 is 9.80 Å². The third-order valence-corrected chi connectivity index (χ3v) is 7.00. The highest BCUT2D eigenvalue weighted by Gasteiger charge is 2.29. The van der Waals surface area contributed by atoms with Gasteiger partial charge in [0.05, 0.1) is 52.8 Å². The van der Waals surface area contributed by atoms with Crippen molar-refractivity contribution in [3.05, 3.63) is 46.8 Å². The monoisotopic (exact) mass is 490 g/mol. The van der Waals surface area contributed by atoms with E-state index in [9.17, 15) is 5.11 Å². The van der Waals surface area contributed by atoms with E-state index in [1.54, 1.807) is 18.5 Å². The normalized spacial score (nSPS) is 21.1. The van der Waals surface area contributed by atoms with Gasteiger partial charge in [-0.2, -0.15) is 0 Å². The maximum Gasteiger partial charge on any atom is 0.147 e. The number of nitrogens with zero attached hydrogens (tertiary/aromatic N) is 4. The molecule has 0 aliphatic carbocycles. The first kappa shape index (κ1) is 25.1. The minimum absolute atomic E-state index is 0.0417. The Morgan fingerprint density at radius 1 is 1.15 bits per heavy atom. The molecular weight excluding hydrogens is 455 g/mol. The first-order chi connectivity index (χ1) is 16.1. The molecule has 4 heterocycles. The van der Waals surface area contributed by atoms with Crippen molar-refractivity contribution in [1.82, 2.24) is 9.97 Å². The molecule has 1 unspecified atom stereocenters. The number of halogens is 2. The fraction of sp³-hybridized carbons (Fsp3) is 0.615. The number of anilines is 2. The number of hydrogen-bond donors (Lipinski definition) is 1. The number of ether oxygens (including phenoxy) is 1. The summed E-state index contributed by atoms with van der Waals surface area (Å²) in [5.74, 6) is -0.361. The summed E-state index contributed by atoms with van der Waals surface area (Å²) in [4.78, 5) is 13.5. The molecule has 8 heteroatoms. The molecule has 2 aromatic heterocycles. The molecule has 2 saturated heterocycles. The standard InChI is InChI=1S/C26H36ClFN4O2/c1-17(24-22(28)13-19(15-29-24)31-7-5-20(33)6-8-31)11-21-16-32(9-10-34-21)23-12-18(27)14-30-25(23)26(2,3)4/h12-15,17,20-21,33H,5-11,16H2,1-4H3/t17-,21?/m1/s1. The lowest BCUT2D eigenvalue weighted by Crippen LogP contribution is -2.44. The highest BCUT2D eigenvalue weighted by Crippen LogP contribution is 2.34. The first-order valence-electron chi connectivity index (χ1n) is 12.2. The number of rotatable bonds is 5. The summed E-state index contributed by atoms with van der Waals surface area (Å²) in [5, 5.41) is 10.3. The first-order valence-corrected chi connectivity index (χ1v) is 12.6. The summed E-state index contributed by atoms with van der Waals surface area (Å²) in [6.07, 6.45) is 5.24. The molecule has 1 N–H and O–H groups in total. The quantitative estimate of drug-likeness (QED) is 0.641. The van der Waals surface area contributed by atoms with Crippen LogP contribution >= 0.6 is 11.6 Å². The van der Waals surface area contributed by atoms with Crippen molar-refractivity contribution in [1.29, 1.82) is 0 Å². The topological polar surface area (TPSA) is 61.7 Å². The van der Waals surface area contributed by atoms with Crippen LogP contribution in [-0.2, 0) is 10.2 Å². The molecule has 186 valence electrons. The molecule has 0 bridgehead atoms. The summed E-state index contributed by atoms with van der Waals surface area (Å²) >= 11 is 6.29. The highest BCUT2D eigenvalue weighted by atomic mass is 35.5. The highest BCUT2D eigenvalue weighted by molar-refractivity contribution is 6.30. The van der Waals surface area contributed by atoms with Crippen LogP contribution in [0.4, 0.5) is 15.8 Å². The van der Waals surface area contributed by atoms with Gasteiger partial charge in [-0.05, 0) is 25.3 Å². The van der Waals surface area contributed by atoms with Crippen molar-refractivity contribution < 1.29 is 14.2 Å². The Morgan fingerprint density at radius 3 is 2.56 bits per heavy atom. The van der Waals surface area contributed by atoms with Gasteiger partial charge >= 0.3 is 0 Å². The van der Waals surface area contributed by atoms with Gasteiger partial charge < -0.3 is 19.6 Å². The Hall–Kier alpha value is -1.96. The molecular formula is C26H36ClFN4O2. The predicted molar refractivity (Wildman–Crippen MR) is 135 cm³/mol. The molecule has 2 aliphatic rings. The van der Waals surface area contributed by atoms with Gasteiger partial charge in [-0.3, -0.25) is 9.97 Å². The average Bonchev–Trinajstić information content (AvgIpc) is 2.78. The number of pyridine rings is 2. The van der Waals surface area contributed by atoms with E-state index in [0.29, 0.717) is 43.1 Å². The Labute approximate surface area is 207 Å². The van der Waals surface area contributed by atoms with Gasteiger partial charge in [-0.15, -0.1) is 0 Å². The van der Waals surface area contributed by atoms with Crippen molar-refractivity contribution in [2.45, 2.75) is 70.5 Å². The van der Waals surface area contributed by atoms with Crippen LogP contribution in [0.2, 0.25) is 5.02 Å². The van der Waals surface area contributed by atoms with Gasteiger partial charge in [-0.1, -0.05) is 39.3 Å². The van der Waals surface area contributed by atoms with Crippen molar-refractivity contribution >= 4 is 23.0 Å². The van der Waals surface area contributed by atoms with Crippen molar-refractivity contribution in [2.24, 2.45) is 0 Å². The van der Waals surface area contributed by atoms with E-state index in [1.807, 2.05) is 13.0 Å². The Morgan fingerprint density at radius 2 is 1.88 bits per heavy atom. The van der Waals surface area contributed by atoms with Crippen LogP contribution in [0.15, 0.2) is 24.5 Å². The molecule has 34 heavy (non-hydrogen) atoms. The molecule has 2 atom stereocenters. The lowest BCUT2D eigenvalue weighted by molar-refractivity contribution is 0.0311. The molecule has 4 rings (SSSR count). The van der Waals surface area contributed by atoms with E-state index >= 15 is 4.39 Å². The summed E-state index contributed by atoms with van der Waals surface area (Å²) in [6, 6.07) is 3.57. The van der Waals surface area contributed by atoms with Crippen LogP contribution in [0.25, 0.3) is 0 Å². The zero-order valence-corrected chi connectivity index (χ0v) is 21.4. The van der Waals surface area contributed by atoms with Gasteiger partial charge in [0.2, 0.25) is 0 Å². The smallest absolute Gasteiger partial charge is 0.147 e. The van der Waals surface area contributed by atoms with Gasteiger partial charge in [-0.25, -0.2) is 4.39 Å². The minimum Gasteiger partial charge on any atom is -0.393 e. The lowest BCUT2D eigenvalue weighted by Gasteiger charge is -2.37. The summed E-state index contributed by atoms with van der Waals surface area (Å²) in [6.45, 7) is 12.0. The minimum atomic E-state index is -0.280.